The van der Waals surface area contributed by atoms with E-state index in [1.165, 1.54) is 25.7 Å². The minimum absolute atomic E-state index is 0.397. The van der Waals surface area contributed by atoms with E-state index >= 15 is 0 Å². The number of rotatable bonds is 2. The third kappa shape index (κ3) is 2.05. The number of benzene rings is 1. The molecular formula is C14H16BrClO. The number of fused-ring (bicyclic) bond motifs is 1. The molecule has 0 aliphatic heterocycles. The smallest absolute Gasteiger partial charge is 0.0849 e. The van der Waals surface area contributed by atoms with Crippen LogP contribution in [0.3, 0.4) is 0 Å². The Bertz CT molecular complexity index is 402. The molecule has 1 aromatic carbocycles. The van der Waals surface area contributed by atoms with Crippen LogP contribution in [0.5, 0.6) is 0 Å². The quantitative estimate of drug-likeness (QED) is 0.847. The molecule has 3 atom stereocenters. The molecule has 0 amide bonds. The average molecular weight is 316 g/mol. The van der Waals surface area contributed by atoms with Crippen LogP contribution in [-0.2, 0) is 0 Å². The molecule has 0 heterocycles. The molecule has 3 unspecified atom stereocenters. The Balaban J connectivity index is 1.85. The second kappa shape index (κ2) is 4.56. The van der Waals surface area contributed by atoms with Gasteiger partial charge in [0.05, 0.1) is 6.10 Å². The van der Waals surface area contributed by atoms with E-state index in [9.17, 15) is 5.11 Å². The summed E-state index contributed by atoms with van der Waals surface area (Å²) >= 11 is 9.70. The van der Waals surface area contributed by atoms with Crippen LogP contribution in [0.1, 0.15) is 37.4 Å². The molecule has 1 nitrogen and oxygen atoms in total. The van der Waals surface area contributed by atoms with Crippen molar-refractivity contribution in [2.75, 3.05) is 0 Å². The Morgan fingerprint density at radius 1 is 1.24 bits per heavy atom. The SMILES string of the molecule is OC(c1c(Cl)cccc1Br)C1C2CCCCC21. The summed E-state index contributed by atoms with van der Waals surface area (Å²) in [5.41, 5.74) is 0.883. The first-order chi connectivity index (χ1) is 8.20. The lowest BCUT2D eigenvalue weighted by Crippen LogP contribution is -2.04. The van der Waals surface area contributed by atoms with Crippen LogP contribution in [0.2, 0.25) is 5.02 Å². The summed E-state index contributed by atoms with van der Waals surface area (Å²) in [6.07, 6.45) is 4.83. The Kier molecular flexibility index (Phi) is 3.22. The number of aliphatic hydroxyl groups is 1. The van der Waals surface area contributed by atoms with Gasteiger partial charge >= 0.3 is 0 Å². The van der Waals surface area contributed by atoms with Crippen LogP contribution in [0.4, 0.5) is 0 Å². The van der Waals surface area contributed by atoms with Crippen molar-refractivity contribution >= 4 is 27.5 Å². The van der Waals surface area contributed by atoms with Gasteiger partial charge in [0.25, 0.3) is 0 Å². The van der Waals surface area contributed by atoms with E-state index in [1.54, 1.807) is 0 Å². The molecule has 1 aromatic rings. The third-order valence-corrected chi connectivity index (χ3v) is 5.40. The lowest BCUT2D eigenvalue weighted by atomic mass is 10.0. The van der Waals surface area contributed by atoms with Crippen LogP contribution in [0.15, 0.2) is 22.7 Å². The van der Waals surface area contributed by atoms with Gasteiger partial charge in [-0.25, -0.2) is 0 Å². The van der Waals surface area contributed by atoms with Crippen molar-refractivity contribution in [1.82, 2.24) is 0 Å². The lowest BCUT2D eigenvalue weighted by Gasteiger charge is -2.14. The molecule has 0 saturated heterocycles. The zero-order valence-corrected chi connectivity index (χ0v) is 11.9. The predicted molar refractivity (Wildman–Crippen MR) is 73.0 cm³/mol. The van der Waals surface area contributed by atoms with E-state index in [0.717, 1.165) is 21.9 Å². The first-order valence-electron chi connectivity index (χ1n) is 6.32. The topological polar surface area (TPSA) is 20.2 Å². The van der Waals surface area contributed by atoms with Gasteiger partial charge in [-0.3, -0.25) is 0 Å². The fraction of sp³-hybridized carbons (Fsp3) is 0.571. The number of hydrogen-bond donors (Lipinski definition) is 1. The molecule has 2 saturated carbocycles. The summed E-state index contributed by atoms with van der Waals surface area (Å²) in [4.78, 5) is 0. The molecule has 2 aliphatic carbocycles. The second-order valence-electron chi connectivity index (χ2n) is 5.27. The minimum atomic E-state index is -0.397. The molecule has 0 aromatic heterocycles. The zero-order chi connectivity index (χ0) is 12.0. The van der Waals surface area contributed by atoms with Gasteiger partial charge in [-0.1, -0.05) is 46.4 Å². The van der Waals surface area contributed by atoms with Gasteiger partial charge in [-0.15, -0.1) is 0 Å². The standard InChI is InChI=1S/C14H16BrClO/c15-10-6-3-7-11(16)13(10)14(17)12-8-4-1-2-5-9(8)12/h3,6-9,12,14,17H,1-2,4-5H2. The van der Waals surface area contributed by atoms with Gasteiger partial charge in [0.2, 0.25) is 0 Å². The summed E-state index contributed by atoms with van der Waals surface area (Å²) in [7, 11) is 0. The van der Waals surface area contributed by atoms with Gasteiger partial charge in [-0.05, 0) is 42.7 Å². The molecule has 2 fully saturated rings. The second-order valence-corrected chi connectivity index (χ2v) is 6.53. The van der Waals surface area contributed by atoms with Crippen LogP contribution in [0.25, 0.3) is 0 Å². The van der Waals surface area contributed by atoms with E-state index in [1.807, 2.05) is 18.2 Å². The van der Waals surface area contributed by atoms with Crippen molar-refractivity contribution in [3.05, 3.63) is 33.3 Å². The van der Waals surface area contributed by atoms with Crippen molar-refractivity contribution in [3.8, 4) is 0 Å². The highest BCUT2D eigenvalue weighted by molar-refractivity contribution is 9.10. The summed E-state index contributed by atoms with van der Waals surface area (Å²) in [5, 5.41) is 11.2. The molecule has 92 valence electrons. The Hall–Kier alpha value is -0.0500. The summed E-state index contributed by atoms with van der Waals surface area (Å²) in [6, 6.07) is 5.72. The van der Waals surface area contributed by atoms with Crippen LogP contribution in [0, 0.1) is 17.8 Å². The van der Waals surface area contributed by atoms with Crippen molar-refractivity contribution < 1.29 is 5.11 Å². The molecule has 0 bridgehead atoms. The van der Waals surface area contributed by atoms with E-state index in [0.29, 0.717) is 10.9 Å². The fourth-order valence-corrected chi connectivity index (χ4v) is 4.50. The predicted octanol–water partition coefficient (Wildman–Crippen LogP) is 4.57. The first-order valence-corrected chi connectivity index (χ1v) is 7.49. The molecule has 1 N–H and O–H groups in total. The maximum atomic E-state index is 10.5. The van der Waals surface area contributed by atoms with Gasteiger partial charge in [0.1, 0.15) is 0 Å². The molecule has 0 radical (unpaired) electrons. The Morgan fingerprint density at radius 3 is 2.47 bits per heavy atom. The fourth-order valence-electron chi connectivity index (χ4n) is 3.50. The summed E-state index contributed by atoms with van der Waals surface area (Å²) in [5.74, 6) is 1.91. The van der Waals surface area contributed by atoms with Crippen LogP contribution >= 0.6 is 27.5 Å². The Morgan fingerprint density at radius 2 is 1.88 bits per heavy atom. The van der Waals surface area contributed by atoms with Gasteiger partial charge in [-0.2, -0.15) is 0 Å². The number of halogens is 2. The van der Waals surface area contributed by atoms with Crippen LogP contribution < -0.4 is 0 Å². The normalized spacial score (nSPS) is 33.0. The van der Waals surface area contributed by atoms with Gasteiger partial charge < -0.3 is 5.11 Å². The summed E-state index contributed by atoms with van der Waals surface area (Å²) in [6.45, 7) is 0. The molecule has 0 spiro atoms. The van der Waals surface area contributed by atoms with E-state index in [2.05, 4.69) is 15.9 Å². The molecular weight excluding hydrogens is 300 g/mol. The van der Waals surface area contributed by atoms with E-state index in [4.69, 9.17) is 11.6 Å². The van der Waals surface area contributed by atoms with E-state index in [-0.39, 0.29) is 0 Å². The third-order valence-electron chi connectivity index (χ3n) is 4.38. The zero-order valence-electron chi connectivity index (χ0n) is 9.57. The first kappa shape index (κ1) is 12.0. The molecule has 3 rings (SSSR count). The maximum Gasteiger partial charge on any atom is 0.0849 e. The number of aliphatic hydroxyl groups excluding tert-OH is 1. The Labute approximate surface area is 115 Å². The monoisotopic (exact) mass is 314 g/mol. The molecule has 3 heteroatoms. The van der Waals surface area contributed by atoms with Crippen molar-refractivity contribution in [2.24, 2.45) is 17.8 Å². The highest BCUT2D eigenvalue weighted by Crippen LogP contribution is 2.61. The lowest BCUT2D eigenvalue weighted by molar-refractivity contribution is 0.141. The minimum Gasteiger partial charge on any atom is -0.388 e. The molecule has 2 aliphatic rings. The number of hydrogen-bond acceptors (Lipinski definition) is 1. The summed E-state index contributed by atoms with van der Waals surface area (Å²) < 4.78 is 0.932. The maximum absolute atomic E-state index is 10.5. The van der Waals surface area contributed by atoms with Crippen molar-refractivity contribution in [2.45, 2.75) is 31.8 Å². The van der Waals surface area contributed by atoms with Crippen molar-refractivity contribution in [3.63, 3.8) is 0 Å². The van der Waals surface area contributed by atoms with Crippen molar-refractivity contribution in [1.29, 1.82) is 0 Å². The average Bonchev–Trinajstić information content (AvgIpc) is 3.02. The van der Waals surface area contributed by atoms with Gasteiger partial charge in [0.15, 0.2) is 0 Å². The van der Waals surface area contributed by atoms with Gasteiger partial charge in [0, 0.05) is 15.1 Å². The largest absolute Gasteiger partial charge is 0.388 e. The highest BCUT2D eigenvalue weighted by atomic mass is 79.9. The molecule has 17 heavy (non-hydrogen) atoms. The van der Waals surface area contributed by atoms with Crippen LogP contribution in [-0.4, -0.2) is 5.11 Å². The van der Waals surface area contributed by atoms with E-state index < -0.39 is 6.10 Å². The highest BCUT2D eigenvalue weighted by Gasteiger charge is 2.54.